The third-order valence-corrected chi connectivity index (χ3v) is 1.51. The average Bonchev–Trinajstić information content (AvgIpc) is 1.85. The molecule has 1 atom stereocenters. The van der Waals surface area contributed by atoms with Crippen LogP contribution in [-0.4, -0.2) is 17.4 Å². The van der Waals surface area contributed by atoms with Crippen LogP contribution in [0, 0.1) is 0 Å². The highest BCUT2D eigenvalue weighted by Crippen LogP contribution is 2.06. The molecule has 0 rings (SSSR count). The average molecular weight is 209 g/mol. The monoisotopic (exact) mass is 208 g/mol. The molecule has 0 unspecified atom stereocenters. The quantitative estimate of drug-likeness (QED) is 0.523. The minimum atomic E-state index is -0.103. The van der Waals surface area contributed by atoms with Crippen molar-refractivity contribution in [1.82, 2.24) is 0 Å². The van der Waals surface area contributed by atoms with E-state index in [0.717, 1.165) is 6.42 Å². The van der Waals surface area contributed by atoms with E-state index in [2.05, 4.69) is 15.9 Å². The number of carbonyl (C=O) groups is 1. The molecule has 2 nitrogen and oxygen atoms in total. The summed E-state index contributed by atoms with van der Waals surface area (Å²) < 4.78 is 4.73. The lowest BCUT2D eigenvalue weighted by Crippen LogP contribution is -2.05. The summed E-state index contributed by atoms with van der Waals surface area (Å²) in [7, 11) is 0. The van der Waals surface area contributed by atoms with E-state index in [1.54, 1.807) is 0 Å². The zero-order valence-electron chi connectivity index (χ0n) is 6.39. The second-order valence-electron chi connectivity index (χ2n) is 2.12. The van der Waals surface area contributed by atoms with E-state index >= 15 is 0 Å². The molecule has 0 radical (unpaired) electrons. The van der Waals surface area contributed by atoms with E-state index in [1.807, 2.05) is 13.8 Å². The van der Waals surface area contributed by atoms with E-state index in [1.165, 1.54) is 0 Å². The number of ether oxygens (including phenoxy) is 1. The zero-order valence-corrected chi connectivity index (χ0v) is 7.98. The van der Waals surface area contributed by atoms with Crippen molar-refractivity contribution in [2.45, 2.75) is 31.5 Å². The Hall–Kier alpha value is -0.0500. The molecule has 0 N–H and O–H groups in total. The topological polar surface area (TPSA) is 26.3 Å². The van der Waals surface area contributed by atoms with Gasteiger partial charge in [-0.3, -0.25) is 4.79 Å². The molecule has 60 valence electrons. The summed E-state index contributed by atoms with van der Waals surface area (Å²) in [6, 6.07) is 0. The van der Waals surface area contributed by atoms with Crippen molar-refractivity contribution < 1.29 is 9.53 Å². The molecule has 0 bridgehead atoms. The van der Waals surface area contributed by atoms with E-state index in [9.17, 15) is 4.79 Å². The molecule has 0 aliphatic carbocycles. The fraction of sp³-hybridized carbons (Fsp3) is 0.857. The van der Waals surface area contributed by atoms with Gasteiger partial charge in [0, 0.05) is 11.2 Å². The number of alkyl halides is 1. The van der Waals surface area contributed by atoms with Gasteiger partial charge in [-0.15, -0.1) is 0 Å². The van der Waals surface area contributed by atoms with Gasteiger partial charge in [-0.25, -0.2) is 0 Å². The number of carbonyl (C=O) groups excluding carboxylic acids is 1. The Morgan fingerprint density at radius 1 is 1.70 bits per heavy atom. The van der Waals surface area contributed by atoms with Crippen LogP contribution in [0.5, 0.6) is 0 Å². The van der Waals surface area contributed by atoms with Gasteiger partial charge < -0.3 is 4.74 Å². The van der Waals surface area contributed by atoms with Crippen molar-refractivity contribution in [3.63, 3.8) is 0 Å². The molecule has 0 fully saturated rings. The molecule has 0 aliphatic heterocycles. The summed E-state index contributed by atoms with van der Waals surface area (Å²) in [4.78, 5) is 11.1. The highest BCUT2D eigenvalue weighted by Gasteiger charge is 2.03. The maximum atomic E-state index is 10.7. The van der Waals surface area contributed by atoms with Crippen LogP contribution < -0.4 is 0 Å². The number of esters is 1. The Kier molecular flexibility index (Phi) is 5.69. The Morgan fingerprint density at radius 3 is 2.70 bits per heavy atom. The molecular formula is C7H13BrO2. The largest absolute Gasteiger partial charge is 0.466 e. The van der Waals surface area contributed by atoms with Crippen LogP contribution in [0.4, 0.5) is 0 Å². The fourth-order valence-corrected chi connectivity index (χ4v) is 0.779. The van der Waals surface area contributed by atoms with Gasteiger partial charge in [-0.1, -0.05) is 22.9 Å². The summed E-state index contributed by atoms with van der Waals surface area (Å²) in [5.41, 5.74) is 0. The van der Waals surface area contributed by atoms with E-state index in [0.29, 0.717) is 17.9 Å². The van der Waals surface area contributed by atoms with Crippen LogP contribution in [0.1, 0.15) is 26.7 Å². The van der Waals surface area contributed by atoms with Gasteiger partial charge in [0.2, 0.25) is 0 Å². The van der Waals surface area contributed by atoms with Crippen molar-refractivity contribution in [3.8, 4) is 0 Å². The molecule has 0 saturated heterocycles. The lowest BCUT2D eigenvalue weighted by molar-refractivity contribution is -0.143. The molecule has 0 aromatic heterocycles. The molecule has 0 heterocycles. The highest BCUT2D eigenvalue weighted by atomic mass is 79.9. The smallest absolute Gasteiger partial charge is 0.305 e. The maximum absolute atomic E-state index is 10.7. The maximum Gasteiger partial charge on any atom is 0.305 e. The molecule has 3 heteroatoms. The standard InChI is InChI=1S/C7H13BrO2/c1-3-10-7(9)5-4-6(2)8/h6H,3-5H2,1-2H3/t6-/m0/s1. The number of rotatable bonds is 4. The molecule has 0 amide bonds. The Bertz CT molecular complexity index is 102. The number of hydrogen-bond donors (Lipinski definition) is 0. The van der Waals surface area contributed by atoms with Crippen molar-refractivity contribution in [2.24, 2.45) is 0 Å². The first-order valence-electron chi connectivity index (χ1n) is 3.46. The fourth-order valence-electron chi connectivity index (χ4n) is 0.550. The van der Waals surface area contributed by atoms with Crippen LogP contribution in [0.2, 0.25) is 0 Å². The molecular weight excluding hydrogens is 196 g/mol. The normalized spacial score (nSPS) is 12.7. The van der Waals surface area contributed by atoms with E-state index in [-0.39, 0.29) is 5.97 Å². The lowest BCUT2D eigenvalue weighted by atomic mass is 10.2. The Balaban J connectivity index is 3.22. The molecule has 0 aromatic carbocycles. The van der Waals surface area contributed by atoms with Gasteiger partial charge in [-0.2, -0.15) is 0 Å². The van der Waals surface area contributed by atoms with Crippen LogP contribution in [-0.2, 0) is 9.53 Å². The van der Waals surface area contributed by atoms with E-state index < -0.39 is 0 Å². The Labute approximate surface area is 70.1 Å². The van der Waals surface area contributed by atoms with Crippen molar-refractivity contribution in [3.05, 3.63) is 0 Å². The summed E-state index contributed by atoms with van der Waals surface area (Å²) in [5, 5.41) is 0. The summed E-state index contributed by atoms with van der Waals surface area (Å²) in [6.07, 6.45) is 1.36. The SMILES string of the molecule is CCOC(=O)CC[C@H](C)Br. The molecule has 10 heavy (non-hydrogen) atoms. The highest BCUT2D eigenvalue weighted by molar-refractivity contribution is 9.09. The third kappa shape index (κ3) is 6.08. The first-order chi connectivity index (χ1) is 4.66. The lowest BCUT2D eigenvalue weighted by Gasteiger charge is -2.01. The second kappa shape index (κ2) is 5.71. The first-order valence-corrected chi connectivity index (χ1v) is 4.38. The predicted octanol–water partition coefficient (Wildman–Crippen LogP) is 2.11. The van der Waals surface area contributed by atoms with Crippen LogP contribution >= 0.6 is 15.9 Å². The van der Waals surface area contributed by atoms with E-state index in [4.69, 9.17) is 4.74 Å². The molecule has 0 aromatic rings. The second-order valence-corrected chi connectivity index (χ2v) is 3.69. The number of halogens is 1. The first kappa shape index (κ1) is 9.95. The van der Waals surface area contributed by atoms with Gasteiger partial charge in [0.05, 0.1) is 6.61 Å². The Morgan fingerprint density at radius 2 is 2.30 bits per heavy atom. The summed E-state index contributed by atoms with van der Waals surface area (Å²) >= 11 is 3.35. The van der Waals surface area contributed by atoms with Gasteiger partial charge in [0.25, 0.3) is 0 Å². The van der Waals surface area contributed by atoms with Gasteiger partial charge in [0.1, 0.15) is 0 Å². The van der Waals surface area contributed by atoms with Crippen molar-refractivity contribution in [2.75, 3.05) is 6.61 Å². The molecule has 0 saturated carbocycles. The number of hydrogen-bond acceptors (Lipinski definition) is 2. The van der Waals surface area contributed by atoms with Crippen LogP contribution in [0.15, 0.2) is 0 Å². The summed E-state index contributed by atoms with van der Waals surface area (Å²) in [6.45, 7) is 4.31. The minimum Gasteiger partial charge on any atom is -0.466 e. The van der Waals surface area contributed by atoms with Crippen molar-refractivity contribution >= 4 is 21.9 Å². The minimum absolute atomic E-state index is 0.103. The predicted molar refractivity (Wildman–Crippen MR) is 44.3 cm³/mol. The van der Waals surface area contributed by atoms with Gasteiger partial charge >= 0.3 is 5.97 Å². The molecule has 0 spiro atoms. The molecule has 0 aliphatic rings. The van der Waals surface area contributed by atoms with Crippen molar-refractivity contribution in [1.29, 1.82) is 0 Å². The third-order valence-electron chi connectivity index (χ3n) is 1.05. The van der Waals surface area contributed by atoms with Gasteiger partial charge in [-0.05, 0) is 13.3 Å². The summed E-state index contributed by atoms with van der Waals surface area (Å²) in [5.74, 6) is -0.103. The van der Waals surface area contributed by atoms with Crippen LogP contribution in [0.25, 0.3) is 0 Å². The van der Waals surface area contributed by atoms with Crippen LogP contribution in [0.3, 0.4) is 0 Å². The zero-order chi connectivity index (χ0) is 7.98. The van der Waals surface area contributed by atoms with Gasteiger partial charge in [0.15, 0.2) is 0 Å².